The van der Waals surface area contributed by atoms with Gasteiger partial charge in [0.15, 0.2) is 0 Å². The molecule has 0 aliphatic rings. The molecule has 25 heavy (non-hydrogen) atoms. The van der Waals surface area contributed by atoms with E-state index < -0.39 is 11.6 Å². The molecule has 4 heteroatoms. The molecular weight excluding hydrogens is 317 g/mol. The Balaban J connectivity index is 2.14. The smallest absolute Gasteiger partial charge is 0.203 e. The first-order chi connectivity index (χ1) is 12.1. The number of fused-ring (bicyclic) bond motifs is 1. The molecule has 3 aromatic carbocycles. The minimum absolute atomic E-state index is 0.0405. The van der Waals surface area contributed by atoms with Gasteiger partial charge in [-0.1, -0.05) is 30.3 Å². The Morgan fingerprint density at radius 2 is 1.80 bits per heavy atom. The molecule has 0 heterocycles. The number of Topliss-reactive ketones (excluding diaryl/α,β-unsaturated/α-hetero) is 1. The highest BCUT2D eigenvalue weighted by molar-refractivity contribution is 6.15. The molecule has 3 nitrogen and oxygen atoms in total. The van der Waals surface area contributed by atoms with Gasteiger partial charge < -0.3 is 4.74 Å². The second-order valence-electron chi connectivity index (χ2n) is 5.41. The second kappa shape index (κ2) is 6.98. The van der Waals surface area contributed by atoms with E-state index in [-0.39, 0.29) is 11.1 Å². The Morgan fingerprint density at radius 3 is 2.48 bits per heavy atom. The predicted molar refractivity (Wildman–Crippen MR) is 94.8 cm³/mol. The molecule has 0 unspecified atom stereocenters. The molecular formula is C21H14FNO2. The molecule has 0 amide bonds. The summed E-state index contributed by atoms with van der Waals surface area (Å²) in [5.41, 5.74) is 0.877. The quantitative estimate of drug-likeness (QED) is 0.393. The largest absolute Gasteiger partial charge is 0.496 e. The molecule has 0 atom stereocenters. The number of nitriles is 1. The summed E-state index contributed by atoms with van der Waals surface area (Å²) in [5, 5.41) is 11.3. The third-order valence-corrected chi connectivity index (χ3v) is 3.91. The topological polar surface area (TPSA) is 50.1 Å². The maximum Gasteiger partial charge on any atom is 0.203 e. The Hall–Kier alpha value is -3.45. The van der Waals surface area contributed by atoms with E-state index >= 15 is 0 Å². The van der Waals surface area contributed by atoms with Crippen molar-refractivity contribution in [2.75, 3.05) is 7.11 Å². The number of halogens is 1. The van der Waals surface area contributed by atoms with Crippen molar-refractivity contribution in [3.63, 3.8) is 0 Å². The van der Waals surface area contributed by atoms with Crippen molar-refractivity contribution < 1.29 is 13.9 Å². The summed E-state index contributed by atoms with van der Waals surface area (Å²) in [6.45, 7) is 0. The van der Waals surface area contributed by atoms with Crippen molar-refractivity contribution in [1.82, 2.24) is 0 Å². The van der Waals surface area contributed by atoms with E-state index in [0.717, 1.165) is 10.8 Å². The zero-order valence-corrected chi connectivity index (χ0v) is 13.5. The molecule has 0 N–H and O–H groups in total. The summed E-state index contributed by atoms with van der Waals surface area (Å²) in [6, 6.07) is 18.4. The number of carbonyl (C=O) groups is 1. The van der Waals surface area contributed by atoms with Crippen LogP contribution in [0.15, 0.2) is 66.2 Å². The highest BCUT2D eigenvalue weighted by Crippen LogP contribution is 2.30. The number of hydrogen-bond donors (Lipinski definition) is 0. The average Bonchev–Trinajstić information content (AvgIpc) is 2.66. The minimum atomic E-state index is -0.461. The van der Waals surface area contributed by atoms with Gasteiger partial charge in [0.1, 0.15) is 23.2 Å². The number of ether oxygens (including phenoxy) is 1. The first-order valence-corrected chi connectivity index (χ1v) is 7.62. The third kappa shape index (κ3) is 3.26. The van der Waals surface area contributed by atoms with Gasteiger partial charge in [-0.25, -0.2) is 4.39 Å². The van der Waals surface area contributed by atoms with Crippen molar-refractivity contribution in [2.24, 2.45) is 0 Å². The number of hydrogen-bond acceptors (Lipinski definition) is 3. The number of carbonyl (C=O) groups excluding carboxylic acids is 1. The molecule has 0 aromatic heterocycles. The SMILES string of the molecule is COc1ccc2ccccc2c1/C=C(\C#N)C(=O)c1ccc(F)cc1. The predicted octanol–water partition coefficient (Wildman–Crippen LogP) is 4.78. The zero-order valence-electron chi connectivity index (χ0n) is 13.5. The molecule has 3 rings (SSSR count). The molecule has 0 aliphatic heterocycles. The van der Waals surface area contributed by atoms with E-state index in [2.05, 4.69) is 0 Å². The lowest BCUT2D eigenvalue weighted by molar-refractivity contribution is 0.104. The van der Waals surface area contributed by atoms with Crippen LogP contribution in [0.4, 0.5) is 4.39 Å². The van der Waals surface area contributed by atoms with Crippen LogP contribution in [0.3, 0.4) is 0 Å². The van der Waals surface area contributed by atoms with Crippen LogP contribution in [-0.2, 0) is 0 Å². The van der Waals surface area contributed by atoms with Crippen LogP contribution in [0, 0.1) is 17.1 Å². The van der Waals surface area contributed by atoms with E-state index in [1.165, 1.54) is 37.5 Å². The van der Waals surface area contributed by atoms with Gasteiger partial charge in [-0.05, 0) is 47.2 Å². The first kappa shape index (κ1) is 16.4. The average molecular weight is 331 g/mol. The fourth-order valence-corrected chi connectivity index (χ4v) is 2.65. The van der Waals surface area contributed by atoms with Crippen LogP contribution in [0.5, 0.6) is 5.75 Å². The number of benzene rings is 3. The van der Waals surface area contributed by atoms with Gasteiger partial charge in [-0.3, -0.25) is 4.79 Å². The van der Waals surface area contributed by atoms with Crippen LogP contribution < -0.4 is 4.74 Å². The Kier molecular flexibility index (Phi) is 4.58. The van der Waals surface area contributed by atoms with Crippen LogP contribution >= 0.6 is 0 Å². The van der Waals surface area contributed by atoms with E-state index in [1.807, 2.05) is 36.4 Å². The van der Waals surface area contributed by atoms with Crippen LogP contribution in [0.25, 0.3) is 16.8 Å². The molecule has 0 bridgehead atoms. The summed E-state index contributed by atoms with van der Waals surface area (Å²) in [6.07, 6.45) is 1.52. The summed E-state index contributed by atoms with van der Waals surface area (Å²) in [4.78, 5) is 12.6. The number of nitrogens with zero attached hydrogens (tertiary/aromatic N) is 1. The zero-order chi connectivity index (χ0) is 17.8. The summed E-state index contributed by atoms with van der Waals surface area (Å²) in [5.74, 6) is -0.328. The monoisotopic (exact) mass is 331 g/mol. The lowest BCUT2D eigenvalue weighted by Gasteiger charge is -2.09. The summed E-state index contributed by atoms with van der Waals surface area (Å²) >= 11 is 0. The molecule has 0 spiro atoms. The van der Waals surface area contributed by atoms with Crippen molar-refractivity contribution in [2.45, 2.75) is 0 Å². The van der Waals surface area contributed by atoms with Gasteiger partial charge in [-0.2, -0.15) is 5.26 Å². The molecule has 0 fully saturated rings. The Labute approximate surface area is 144 Å². The summed E-state index contributed by atoms with van der Waals surface area (Å²) < 4.78 is 18.4. The molecule has 0 saturated heterocycles. The van der Waals surface area contributed by atoms with E-state index in [1.54, 1.807) is 6.07 Å². The van der Waals surface area contributed by atoms with E-state index in [0.29, 0.717) is 11.3 Å². The van der Waals surface area contributed by atoms with Gasteiger partial charge in [0.2, 0.25) is 5.78 Å². The first-order valence-electron chi connectivity index (χ1n) is 7.62. The van der Waals surface area contributed by atoms with Crippen molar-refractivity contribution in [1.29, 1.82) is 5.26 Å². The number of ketones is 1. The Morgan fingerprint density at radius 1 is 1.08 bits per heavy atom. The van der Waals surface area contributed by atoms with Gasteiger partial charge in [0.25, 0.3) is 0 Å². The lowest BCUT2D eigenvalue weighted by atomic mass is 9.98. The lowest BCUT2D eigenvalue weighted by Crippen LogP contribution is -2.02. The van der Waals surface area contributed by atoms with Gasteiger partial charge >= 0.3 is 0 Å². The van der Waals surface area contributed by atoms with Gasteiger partial charge in [0.05, 0.1) is 7.11 Å². The molecule has 122 valence electrons. The molecule has 0 radical (unpaired) electrons. The molecule has 0 saturated carbocycles. The number of rotatable bonds is 4. The number of allylic oxidation sites excluding steroid dienone is 1. The van der Waals surface area contributed by atoms with Crippen LogP contribution in [0.1, 0.15) is 15.9 Å². The number of methoxy groups -OCH3 is 1. The van der Waals surface area contributed by atoms with Crippen molar-refractivity contribution >= 4 is 22.6 Å². The molecule has 0 aliphatic carbocycles. The van der Waals surface area contributed by atoms with Crippen LogP contribution in [0.2, 0.25) is 0 Å². The second-order valence-corrected chi connectivity index (χ2v) is 5.41. The fraction of sp³-hybridized carbons (Fsp3) is 0.0476. The van der Waals surface area contributed by atoms with Gasteiger partial charge in [-0.15, -0.1) is 0 Å². The van der Waals surface area contributed by atoms with Crippen molar-refractivity contribution in [3.05, 3.63) is 83.2 Å². The fourth-order valence-electron chi connectivity index (χ4n) is 2.65. The maximum atomic E-state index is 13.0. The van der Waals surface area contributed by atoms with Gasteiger partial charge in [0, 0.05) is 11.1 Å². The maximum absolute atomic E-state index is 13.0. The van der Waals surface area contributed by atoms with E-state index in [9.17, 15) is 14.4 Å². The Bertz CT molecular complexity index is 1010. The molecule has 3 aromatic rings. The van der Waals surface area contributed by atoms with E-state index in [4.69, 9.17) is 4.74 Å². The minimum Gasteiger partial charge on any atom is -0.496 e. The normalized spacial score (nSPS) is 11.2. The standard InChI is InChI=1S/C21H14FNO2/c1-25-20-11-8-14-4-2-3-5-18(14)19(20)12-16(13-23)21(24)15-6-9-17(22)10-7-15/h2-12H,1H3/b16-12+. The third-order valence-electron chi connectivity index (χ3n) is 3.91. The van der Waals surface area contributed by atoms with Crippen LogP contribution in [-0.4, -0.2) is 12.9 Å². The highest BCUT2D eigenvalue weighted by Gasteiger charge is 2.15. The van der Waals surface area contributed by atoms with Crippen molar-refractivity contribution in [3.8, 4) is 11.8 Å². The highest BCUT2D eigenvalue weighted by atomic mass is 19.1. The summed E-state index contributed by atoms with van der Waals surface area (Å²) in [7, 11) is 1.54.